The lowest BCUT2D eigenvalue weighted by Crippen LogP contribution is -2.06. The molecule has 3 rings (SSSR count). The van der Waals surface area contributed by atoms with Gasteiger partial charge in [0.05, 0.1) is 0 Å². The van der Waals surface area contributed by atoms with E-state index >= 15 is 0 Å². The Labute approximate surface area is 149 Å². The molecule has 0 aliphatic rings. The van der Waals surface area contributed by atoms with Gasteiger partial charge in [0.2, 0.25) is 5.95 Å². The third-order valence-electron chi connectivity index (χ3n) is 4.04. The van der Waals surface area contributed by atoms with E-state index in [0.29, 0.717) is 12.5 Å². The maximum atomic E-state index is 4.60. The molecule has 1 aromatic heterocycles. The van der Waals surface area contributed by atoms with Crippen LogP contribution in [-0.4, -0.2) is 9.97 Å². The number of aromatic nitrogens is 2. The molecule has 128 valence electrons. The summed E-state index contributed by atoms with van der Waals surface area (Å²) in [6.45, 7) is 8.96. The van der Waals surface area contributed by atoms with E-state index in [9.17, 15) is 0 Å². The maximum absolute atomic E-state index is 4.60. The van der Waals surface area contributed by atoms with Gasteiger partial charge in [0.15, 0.2) is 0 Å². The highest BCUT2D eigenvalue weighted by atomic mass is 15.1. The average molecular weight is 332 g/mol. The fraction of sp³-hybridized carbons (Fsp3) is 0.238. The van der Waals surface area contributed by atoms with Crippen LogP contribution in [0.15, 0.2) is 48.5 Å². The van der Waals surface area contributed by atoms with Crippen molar-refractivity contribution < 1.29 is 0 Å². The standard InChI is InChI=1S/C21H24N4/c1-14-6-5-7-18(10-14)13-22-21-23-17(4)12-20(25-21)24-19-11-15(2)8-9-16(19)3/h5-12H,13H2,1-4H3,(H2,22,23,24,25). The van der Waals surface area contributed by atoms with Crippen LogP contribution < -0.4 is 10.6 Å². The molecule has 25 heavy (non-hydrogen) atoms. The van der Waals surface area contributed by atoms with Gasteiger partial charge in [-0.3, -0.25) is 0 Å². The van der Waals surface area contributed by atoms with Crippen molar-refractivity contribution in [3.63, 3.8) is 0 Å². The number of nitrogens with one attached hydrogen (secondary N) is 2. The highest BCUT2D eigenvalue weighted by molar-refractivity contribution is 5.62. The van der Waals surface area contributed by atoms with E-state index in [-0.39, 0.29) is 0 Å². The Morgan fingerprint density at radius 2 is 1.64 bits per heavy atom. The van der Waals surface area contributed by atoms with Gasteiger partial charge in [0, 0.05) is 24.0 Å². The summed E-state index contributed by atoms with van der Waals surface area (Å²) in [7, 11) is 0. The Kier molecular flexibility index (Phi) is 4.98. The van der Waals surface area contributed by atoms with E-state index in [1.54, 1.807) is 0 Å². The lowest BCUT2D eigenvalue weighted by atomic mass is 10.1. The van der Waals surface area contributed by atoms with Crippen LogP contribution in [0.3, 0.4) is 0 Å². The van der Waals surface area contributed by atoms with Gasteiger partial charge in [0.1, 0.15) is 5.82 Å². The summed E-state index contributed by atoms with van der Waals surface area (Å²) >= 11 is 0. The first kappa shape index (κ1) is 17.0. The summed E-state index contributed by atoms with van der Waals surface area (Å²) in [5.74, 6) is 1.43. The number of hydrogen-bond acceptors (Lipinski definition) is 4. The van der Waals surface area contributed by atoms with Gasteiger partial charge < -0.3 is 10.6 Å². The van der Waals surface area contributed by atoms with Crippen LogP contribution in [0.1, 0.15) is 27.9 Å². The second-order valence-electron chi connectivity index (χ2n) is 6.50. The molecule has 2 aromatic carbocycles. The molecule has 4 nitrogen and oxygen atoms in total. The third kappa shape index (κ3) is 4.57. The first-order valence-corrected chi connectivity index (χ1v) is 8.49. The SMILES string of the molecule is Cc1cccc(CNc2nc(C)cc(Nc3cc(C)ccc3C)n2)c1. The van der Waals surface area contributed by atoms with Crippen molar-refractivity contribution >= 4 is 17.5 Å². The predicted octanol–water partition coefficient (Wildman–Crippen LogP) is 5.07. The monoisotopic (exact) mass is 332 g/mol. The average Bonchev–Trinajstić information content (AvgIpc) is 2.56. The van der Waals surface area contributed by atoms with E-state index in [1.807, 2.05) is 13.0 Å². The van der Waals surface area contributed by atoms with Crippen molar-refractivity contribution in [2.24, 2.45) is 0 Å². The lowest BCUT2D eigenvalue weighted by Gasteiger charge is -2.12. The van der Waals surface area contributed by atoms with Crippen LogP contribution in [0.5, 0.6) is 0 Å². The Morgan fingerprint density at radius 3 is 2.44 bits per heavy atom. The quantitative estimate of drug-likeness (QED) is 0.685. The molecule has 0 unspecified atom stereocenters. The molecule has 0 saturated heterocycles. The molecule has 0 fully saturated rings. The Morgan fingerprint density at radius 1 is 0.840 bits per heavy atom. The minimum atomic E-state index is 0.634. The fourth-order valence-electron chi connectivity index (χ4n) is 2.72. The highest BCUT2D eigenvalue weighted by Gasteiger charge is 2.05. The van der Waals surface area contributed by atoms with Gasteiger partial charge in [-0.15, -0.1) is 0 Å². The van der Waals surface area contributed by atoms with Crippen LogP contribution in [0, 0.1) is 27.7 Å². The Bertz CT molecular complexity index is 887. The van der Waals surface area contributed by atoms with Crippen molar-refractivity contribution in [3.8, 4) is 0 Å². The summed E-state index contributed by atoms with van der Waals surface area (Å²) in [6, 6.07) is 16.7. The summed E-state index contributed by atoms with van der Waals surface area (Å²) in [6.07, 6.45) is 0. The largest absolute Gasteiger partial charge is 0.350 e. The third-order valence-corrected chi connectivity index (χ3v) is 4.04. The zero-order valence-electron chi connectivity index (χ0n) is 15.2. The Balaban J connectivity index is 1.77. The number of anilines is 3. The lowest BCUT2D eigenvalue weighted by molar-refractivity contribution is 1.03. The molecule has 0 atom stereocenters. The topological polar surface area (TPSA) is 49.8 Å². The molecule has 1 heterocycles. The molecule has 0 saturated carbocycles. The van der Waals surface area contributed by atoms with E-state index in [0.717, 1.165) is 17.2 Å². The number of aryl methyl sites for hydroxylation is 4. The molecule has 0 aliphatic carbocycles. The van der Waals surface area contributed by atoms with Crippen LogP contribution in [-0.2, 0) is 6.54 Å². The minimum absolute atomic E-state index is 0.634. The number of benzene rings is 2. The van der Waals surface area contributed by atoms with Gasteiger partial charge in [-0.25, -0.2) is 4.98 Å². The maximum Gasteiger partial charge on any atom is 0.225 e. The molecule has 0 amide bonds. The summed E-state index contributed by atoms with van der Waals surface area (Å²) in [5.41, 5.74) is 6.88. The first-order chi connectivity index (χ1) is 12.0. The zero-order chi connectivity index (χ0) is 17.8. The Hall–Kier alpha value is -2.88. The minimum Gasteiger partial charge on any atom is -0.350 e. The molecule has 0 aliphatic heterocycles. The van der Waals surface area contributed by atoms with Crippen molar-refractivity contribution in [2.75, 3.05) is 10.6 Å². The molecule has 3 aromatic rings. The van der Waals surface area contributed by atoms with Gasteiger partial charge in [-0.2, -0.15) is 4.98 Å². The van der Waals surface area contributed by atoms with Crippen molar-refractivity contribution in [3.05, 3.63) is 76.5 Å². The van der Waals surface area contributed by atoms with Gasteiger partial charge >= 0.3 is 0 Å². The van der Waals surface area contributed by atoms with Gasteiger partial charge in [-0.05, 0) is 50.5 Å². The second kappa shape index (κ2) is 7.34. The summed E-state index contributed by atoms with van der Waals surface area (Å²) in [5, 5.41) is 6.73. The van der Waals surface area contributed by atoms with E-state index in [4.69, 9.17) is 0 Å². The molecule has 4 heteroatoms. The van der Waals surface area contributed by atoms with Crippen molar-refractivity contribution in [1.29, 1.82) is 0 Å². The number of rotatable bonds is 5. The molecule has 0 bridgehead atoms. The predicted molar refractivity (Wildman–Crippen MR) is 104 cm³/mol. The van der Waals surface area contributed by atoms with Crippen molar-refractivity contribution in [2.45, 2.75) is 34.2 Å². The summed E-state index contributed by atoms with van der Waals surface area (Å²) < 4.78 is 0. The van der Waals surface area contributed by atoms with E-state index < -0.39 is 0 Å². The number of hydrogen-bond donors (Lipinski definition) is 2. The number of nitrogens with zero attached hydrogens (tertiary/aromatic N) is 2. The van der Waals surface area contributed by atoms with E-state index in [2.05, 4.69) is 83.8 Å². The van der Waals surface area contributed by atoms with Crippen LogP contribution >= 0.6 is 0 Å². The normalized spacial score (nSPS) is 10.6. The van der Waals surface area contributed by atoms with Crippen LogP contribution in [0.25, 0.3) is 0 Å². The molecule has 0 radical (unpaired) electrons. The van der Waals surface area contributed by atoms with Crippen LogP contribution in [0.2, 0.25) is 0 Å². The molecular formula is C21H24N4. The van der Waals surface area contributed by atoms with Gasteiger partial charge in [0.25, 0.3) is 0 Å². The smallest absolute Gasteiger partial charge is 0.225 e. The van der Waals surface area contributed by atoms with Crippen LogP contribution in [0.4, 0.5) is 17.5 Å². The van der Waals surface area contributed by atoms with Gasteiger partial charge in [-0.1, -0.05) is 42.0 Å². The fourth-order valence-corrected chi connectivity index (χ4v) is 2.72. The van der Waals surface area contributed by atoms with Crippen molar-refractivity contribution in [1.82, 2.24) is 9.97 Å². The van der Waals surface area contributed by atoms with E-state index in [1.165, 1.54) is 22.3 Å². The summed E-state index contributed by atoms with van der Waals surface area (Å²) in [4.78, 5) is 9.09. The molecule has 0 spiro atoms. The molecule has 2 N–H and O–H groups in total. The first-order valence-electron chi connectivity index (χ1n) is 8.49. The molecular weight excluding hydrogens is 308 g/mol. The highest BCUT2D eigenvalue weighted by Crippen LogP contribution is 2.22. The second-order valence-corrected chi connectivity index (χ2v) is 6.50. The zero-order valence-corrected chi connectivity index (χ0v) is 15.2.